The van der Waals surface area contributed by atoms with Gasteiger partial charge in [-0.3, -0.25) is 14.8 Å². The van der Waals surface area contributed by atoms with Crippen LogP contribution in [0, 0.1) is 0 Å². The lowest BCUT2D eigenvalue weighted by molar-refractivity contribution is -0.00366. The van der Waals surface area contributed by atoms with Crippen LogP contribution in [-0.4, -0.2) is 71.8 Å². The average Bonchev–Trinajstić information content (AvgIpc) is 3.20. The summed E-state index contributed by atoms with van der Waals surface area (Å²) >= 11 is 0. The fourth-order valence-corrected chi connectivity index (χ4v) is 5.10. The summed E-state index contributed by atoms with van der Waals surface area (Å²) in [5, 5.41) is 7.40. The first-order chi connectivity index (χ1) is 14.5. The van der Waals surface area contributed by atoms with Gasteiger partial charge in [-0.15, -0.1) is 0 Å². The molecule has 2 aliphatic heterocycles. The molecule has 7 nitrogen and oxygen atoms in total. The lowest BCUT2D eigenvalue weighted by atomic mass is 9.80. The topological polar surface area (TPSA) is 70.7 Å². The van der Waals surface area contributed by atoms with E-state index in [9.17, 15) is 4.79 Å². The average molecular weight is 413 g/mol. The summed E-state index contributed by atoms with van der Waals surface area (Å²) in [5.41, 5.74) is 2.02. The van der Waals surface area contributed by atoms with Gasteiger partial charge in [0.2, 0.25) is 0 Å². The van der Waals surface area contributed by atoms with Crippen LogP contribution in [0.15, 0.2) is 24.3 Å². The number of carbonyl (C=O) groups is 1. The number of hydrogen-bond donors (Lipinski definition) is 1. The Morgan fingerprint density at radius 1 is 1.17 bits per heavy atom. The molecule has 1 aromatic heterocycles. The Labute approximate surface area is 178 Å². The van der Waals surface area contributed by atoms with E-state index in [-0.39, 0.29) is 17.5 Å². The molecule has 7 heteroatoms. The van der Waals surface area contributed by atoms with E-state index < -0.39 is 0 Å². The Balaban J connectivity index is 1.63. The lowest BCUT2D eigenvalue weighted by Crippen LogP contribution is -2.63. The van der Waals surface area contributed by atoms with Crippen molar-refractivity contribution in [2.45, 2.75) is 50.6 Å². The van der Waals surface area contributed by atoms with E-state index in [1.807, 2.05) is 24.3 Å². The van der Waals surface area contributed by atoms with Crippen LogP contribution in [-0.2, 0) is 0 Å². The fraction of sp³-hybridized carbons (Fsp3) is 0.565. The zero-order chi connectivity index (χ0) is 21.3. The third-order valence-corrected chi connectivity index (χ3v) is 7.02. The van der Waals surface area contributed by atoms with Gasteiger partial charge in [0.05, 0.1) is 26.0 Å². The summed E-state index contributed by atoms with van der Waals surface area (Å²) in [6.45, 7) is 4.21. The molecule has 0 spiro atoms. The molecule has 1 N–H and O–H groups in total. The Kier molecular flexibility index (Phi) is 5.73. The molecule has 2 saturated heterocycles. The molecular weight excluding hydrogens is 380 g/mol. The number of amides is 1. The zero-order valence-corrected chi connectivity index (χ0v) is 18.4. The standard InChI is InChI=1S/C23H32N4O3/c1-23-11-7-13-27(21(23)8-5-6-12-26(23)2)22(28)19-15-18(24-25-19)17-14-16(29-3)9-10-20(17)30-4/h9-10,14-15,21H,5-8,11-13H2,1-4H3,(H,24,25)/t21-,23-/m0/s1. The van der Waals surface area contributed by atoms with Crippen LogP contribution in [0.3, 0.4) is 0 Å². The van der Waals surface area contributed by atoms with Crippen molar-refractivity contribution in [3.63, 3.8) is 0 Å². The molecule has 2 aromatic rings. The first-order valence-corrected chi connectivity index (χ1v) is 10.8. The highest BCUT2D eigenvalue weighted by Crippen LogP contribution is 2.38. The van der Waals surface area contributed by atoms with Gasteiger partial charge < -0.3 is 14.4 Å². The van der Waals surface area contributed by atoms with E-state index in [2.05, 4.69) is 34.0 Å². The smallest absolute Gasteiger partial charge is 0.272 e. The van der Waals surface area contributed by atoms with Gasteiger partial charge in [0, 0.05) is 17.6 Å². The first-order valence-electron chi connectivity index (χ1n) is 10.8. The minimum absolute atomic E-state index is 0.0295. The number of methoxy groups -OCH3 is 2. The molecule has 0 aliphatic carbocycles. The highest BCUT2D eigenvalue weighted by Gasteiger charge is 2.46. The summed E-state index contributed by atoms with van der Waals surface area (Å²) in [7, 11) is 5.46. The number of aromatic amines is 1. The SMILES string of the molecule is COc1ccc(OC)c(-c2cc(C(=O)N3CCC[C@@]4(C)[C@@H]3CCCCN4C)[nH]n2)c1. The van der Waals surface area contributed by atoms with Gasteiger partial charge in [0.15, 0.2) is 0 Å². The maximum atomic E-state index is 13.5. The minimum atomic E-state index is 0.0295. The number of piperidine rings is 1. The van der Waals surface area contributed by atoms with Crippen LogP contribution >= 0.6 is 0 Å². The number of H-pyrrole nitrogens is 1. The second-order valence-corrected chi connectivity index (χ2v) is 8.63. The number of carbonyl (C=O) groups excluding carboxylic acids is 1. The zero-order valence-electron chi connectivity index (χ0n) is 18.4. The van der Waals surface area contributed by atoms with Gasteiger partial charge in [-0.1, -0.05) is 6.42 Å². The van der Waals surface area contributed by atoms with Crippen LogP contribution in [0.2, 0.25) is 0 Å². The predicted molar refractivity (Wildman–Crippen MR) is 116 cm³/mol. The second kappa shape index (κ2) is 8.30. The molecule has 1 aromatic carbocycles. The van der Waals surface area contributed by atoms with Crippen molar-refractivity contribution in [2.75, 3.05) is 34.4 Å². The number of hydrogen-bond acceptors (Lipinski definition) is 5. The van der Waals surface area contributed by atoms with E-state index in [0.717, 1.165) is 50.1 Å². The van der Waals surface area contributed by atoms with Crippen LogP contribution < -0.4 is 9.47 Å². The molecule has 0 unspecified atom stereocenters. The maximum Gasteiger partial charge on any atom is 0.272 e. The van der Waals surface area contributed by atoms with Crippen LogP contribution in [0.1, 0.15) is 49.5 Å². The van der Waals surface area contributed by atoms with Gasteiger partial charge in [-0.2, -0.15) is 5.10 Å². The Hall–Kier alpha value is -2.54. The molecule has 162 valence electrons. The quantitative estimate of drug-likeness (QED) is 0.831. The third kappa shape index (κ3) is 3.55. The number of nitrogens with one attached hydrogen (secondary N) is 1. The fourth-order valence-electron chi connectivity index (χ4n) is 5.10. The van der Waals surface area contributed by atoms with E-state index >= 15 is 0 Å². The summed E-state index contributed by atoms with van der Waals surface area (Å²) in [4.78, 5) is 18.1. The summed E-state index contributed by atoms with van der Waals surface area (Å²) in [6, 6.07) is 7.62. The monoisotopic (exact) mass is 412 g/mol. The van der Waals surface area contributed by atoms with Crippen LogP contribution in [0.25, 0.3) is 11.3 Å². The van der Waals surface area contributed by atoms with Crippen molar-refractivity contribution >= 4 is 5.91 Å². The van der Waals surface area contributed by atoms with E-state index in [0.29, 0.717) is 17.1 Å². The highest BCUT2D eigenvalue weighted by molar-refractivity contribution is 5.94. The van der Waals surface area contributed by atoms with E-state index in [1.54, 1.807) is 14.2 Å². The van der Waals surface area contributed by atoms with Gasteiger partial charge >= 0.3 is 0 Å². The number of fused-ring (bicyclic) bond motifs is 1. The first kappa shape index (κ1) is 20.7. The van der Waals surface area contributed by atoms with Crippen molar-refractivity contribution in [2.24, 2.45) is 0 Å². The molecule has 30 heavy (non-hydrogen) atoms. The van der Waals surface area contributed by atoms with Gasteiger partial charge in [0.1, 0.15) is 17.2 Å². The summed E-state index contributed by atoms with van der Waals surface area (Å²) in [5.74, 6) is 1.44. The molecule has 1 amide bonds. The van der Waals surface area contributed by atoms with Crippen molar-refractivity contribution in [3.05, 3.63) is 30.0 Å². The molecule has 0 radical (unpaired) electrons. The van der Waals surface area contributed by atoms with Gasteiger partial charge in [-0.05, 0) is 70.5 Å². The molecular formula is C23H32N4O3. The molecule has 0 bridgehead atoms. The lowest BCUT2D eigenvalue weighted by Gasteiger charge is -2.51. The molecule has 2 atom stereocenters. The van der Waals surface area contributed by atoms with Gasteiger partial charge in [0.25, 0.3) is 5.91 Å². The van der Waals surface area contributed by atoms with Crippen LogP contribution in [0.5, 0.6) is 11.5 Å². The molecule has 3 heterocycles. The normalized spacial score (nSPS) is 24.8. The Bertz CT molecular complexity index is 912. The highest BCUT2D eigenvalue weighted by atomic mass is 16.5. The second-order valence-electron chi connectivity index (χ2n) is 8.63. The largest absolute Gasteiger partial charge is 0.497 e. The minimum Gasteiger partial charge on any atom is -0.497 e. The number of nitrogens with zero attached hydrogens (tertiary/aromatic N) is 3. The summed E-state index contributed by atoms with van der Waals surface area (Å²) in [6.07, 6.45) is 5.55. The van der Waals surface area contributed by atoms with E-state index in [1.165, 1.54) is 6.42 Å². The van der Waals surface area contributed by atoms with E-state index in [4.69, 9.17) is 9.47 Å². The van der Waals surface area contributed by atoms with Crippen molar-refractivity contribution in [1.82, 2.24) is 20.0 Å². The number of rotatable bonds is 4. The predicted octanol–water partition coefficient (Wildman–Crippen LogP) is 3.57. The Morgan fingerprint density at radius 2 is 2.00 bits per heavy atom. The number of benzene rings is 1. The van der Waals surface area contributed by atoms with Gasteiger partial charge in [-0.25, -0.2) is 0 Å². The molecule has 0 saturated carbocycles. The summed E-state index contributed by atoms with van der Waals surface area (Å²) < 4.78 is 10.8. The van der Waals surface area contributed by atoms with Crippen molar-refractivity contribution in [3.8, 4) is 22.8 Å². The van der Waals surface area contributed by atoms with Crippen molar-refractivity contribution < 1.29 is 14.3 Å². The number of aromatic nitrogens is 2. The molecule has 4 rings (SSSR count). The maximum absolute atomic E-state index is 13.5. The number of ether oxygens (including phenoxy) is 2. The van der Waals surface area contributed by atoms with Crippen LogP contribution in [0.4, 0.5) is 0 Å². The van der Waals surface area contributed by atoms with Crippen molar-refractivity contribution in [1.29, 1.82) is 0 Å². The third-order valence-electron chi connectivity index (χ3n) is 7.02. The Morgan fingerprint density at radius 3 is 2.77 bits per heavy atom. The molecule has 2 aliphatic rings. The number of likely N-dealkylation sites (N-methyl/N-ethyl adjacent to an activating group) is 1. The molecule has 2 fully saturated rings. The number of likely N-dealkylation sites (tertiary alicyclic amines) is 2.